The largest absolute Gasteiger partial charge is 0.461 e. The third-order valence-corrected chi connectivity index (χ3v) is 6.20. The molecule has 1 aliphatic rings. The molecule has 1 aromatic heterocycles. The van der Waals surface area contributed by atoms with Crippen molar-refractivity contribution in [1.82, 2.24) is 4.90 Å². The van der Waals surface area contributed by atoms with Gasteiger partial charge in [-0.2, -0.15) is 0 Å². The van der Waals surface area contributed by atoms with Gasteiger partial charge in [0.05, 0.1) is 29.6 Å². The van der Waals surface area contributed by atoms with E-state index in [-0.39, 0.29) is 19.1 Å². The first-order chi connectivity index (χ1) is 15.4. The van der Waals surface area contributed by atoms with E-state index in [4.69, 9.17) is 23.7 Å². The standard InChI is InChI=1S/C23H34BrNO8/c1-13(2)20-23(5,6)33-22(29)25(20)21(28)14(3)19(31-15(4)27)18-12-16(24)17(32-18)8-7-10-30-11-9-26/h12-14,19-20,26H,7-11H2,1-6H3/t14-,19-,20-/m1/s1. The molecule has 10 heteroatoms. The minimum atomic E-state index is -1.02. The highest BCUT2D eigenvalue weighted by atomic mass is 79.9. The molecule has 1 saturated heterocycles. The normalized spacial score (nSPS) is 19.5. The van der Waals surface area contributed by atoms with Gasteiger partial charge in [-0.3, -0.25) is 9.59 Å². The van der Waals surface area contributed by atoms with Crippen molar-refractivity contribution in [1.29, 1.82) is 0 Å². The van der Waals surface area contributed by atoms with Crippen LogP contribution in [0.3, 0.4) is 0 Å². The van der Waals surface area contributed by atoms with Gasteiger partial charge in [-0.1, -0.05) is 13.8 Å². The number of aliphatic hydroxyl groups is 1. The van der Waals surface area contributed by atoms with Crippen molar-refractivity contribution >= 4 is 33.9 Å². The molecule has 33 heavy (non-hydrogen) atoms. The molecule has 1 aromatic rings. The molecule has 3 atom stereocenters. The third kappa shape index (κ3) is 6.58. The van der Waals surface area contributed by atoms with Gasteiger partial charge in [0, 0.05) is 20.0 Å². The van der Waals surface area contributed by atoms with Crippen LogP contribution in [-0.4, -0.2) is 59.4 Å². The van der Waals surface area contributed by atoms with Crippen LogP contribution < -0.4 is 0 Å². The molecule has 0 bridgehead atoms. The maximum atomic E-state index is 13.5. The van der Waals surface area contributed by atoms with Gasteiger partial charge in [0.25, 0.3) is 0 Å². The van der Waals surface area contributed by atoms with Gasteiger partial charge in [0.15, 0.2) is 6.10 Å². The Balaban J connectivity index is 2.26. The molecule has 0 spiro atoms. The minimum absolute atomic E-state index is 0.0350. The van der Waals surface area contributed by atoms with Crippen LogP contribution in [0.5, 0.6) is 0 Å². The molecule has 0 aliphatic carbocycles. The lowest BCUT2D eigenvalue weighted by Crippen LogP contribution is -2.50. The number of cyclic esters (lactones) is 1. The third-order valence-electron chi connectivity index (χ3n) is 5.53. The predicted molar refractivity (Wildman–Crippen MR) is 122 cm³/mol. The van der Waals surface area contributed by atoms with E-state index in [0.29, 0.717) is 35.4 Å². The van der Waals surface area contributed by atoms with E-state index < -0.39 is 41.6 Å². The molecule has 1 fully saturated rings. The number of amides is 2. The number of carbonyl (C=O) groups excluding carboxylic acids is 3. The van der Waals surface area contributed by atoms with E-state index in [9.17, 15) is 14.4 Å². The lowest BCUT2D eigenvalue weighted by Gasteiger charge is -2.33. The van der Waals surface area contributed by atoms with Gasteiger partial charge in [0.2, 0.25) is 5.91 Å². The van der Waals surface area contributed by atoms with Crippen LogP contribution in [0.15, 0.2) is 15.0 Å². The van der Waals surface area contributed by atoms with E-state index in [2.05, 4.69) is 15.9 Å². The van der Waals surface area contributed by atoms with Crippen molar-refractivity contribution in [2.75, 3.05) is 19.8 Å². The van der Waals surface area contributed by atoms with Crippen molar-refractivity contribution in [3.63, 3.8) is 0 Å². The van der Waals surface area contributed by atoms with Crippen LogP contribution in [-0.2, 0) is 30.2 Å². The maximum Gasteiger partial charge on any atom is 0.417 e. The number of carbonyl (C=O) groups is 3. The second-order valence-electron chi connectivity index (χ2n) is 9.05. The topological polar surface area (TPSA) is 116 Å². The molecule has 2 rings (SSSR count). The van der Waals surface area contributed by atoms with Crippen molar-refractivity contribution in [3.8, 4) is 0 Å². The average Bonchev–Trinajstić information content (AvgIpc) is 3.19. The molecule has 1 aliphatic heterocycles. The Morgan fingerprint density at radius 3 is 2.52 bits per heavy atom. The summed E-state index contributed by atoms with van der Waals surface area (Å²) in [6.07, 6.45) is -0.525. The molecule has 0 aromatic carbocycles. The first-order valence-corrected chi connectivity index (χ1v) is 11.9. The summed E-state index contributed by atoms with van der Waals surface area (Å²) in [6.45, 7) is 10.9. The number of hydrogen-bond acceptors (Lipinski definition) is 8. The molecule has 0 saturated carbocycles. The Bertz CT molecular complexity index is 850. The van der Waals surface area contributed by atoms with Gasteiger partial charge < -0.3 is 23.7 Å². The second kappa shape index (κ2) is 11.5. The summed E-state index contributed by atoms with van der Waals surface area (Å²) in [5.74, 6) is -1.08. The number of ether oxygens (including phenoxy) is 3. The predicted octanol–water partition coefficient (Wildman–Crippen LogP) is 4.01. The second-order valence-corrected chi connectivity index (χ2v) is 9.90. The van der Waals surface area contributed by atoms with E-state index in [0.717, 1.165) is 4.90 Å². The number of halogens is 1. The number of hydrogen-bond donors (Lipinski definition) is 1. The fourth-order valence-corrected chi connectivity index (χ4v) is 4.76. The maximum absolute atomic E-state index is 13.5. The van der Waals surface area contributed by atoms with Crippen molar-refractivity contribution in [3.05, 3.63) is 22.1 Å². The van der Waals surface area contributed by atoms with Gasteiger partial charge in [0.1, 0.15) is 17.1 Å². The molecule has 1 N–H and O–H groups in total. The molecule has 186 valence electrons. The summed E-state index contributed by atoms with van der Waals surface area (Å²) in [4.78, 5) is 39.1. The number of furan rings is 1. The number of nitrogens with zero attached hydrogens (tertiary/aromatic N) is 1. The fourth-order valence-electron chi connectivity index (χ4n) is 4.26. The summed E-state index contributed by atoms with van der Waals surface area (Å²) in [5.41, 5.74) is -0.837. The van der Waals surface area contributed by atoms with Gasteiger partial charge >= 0.3 is 12.1 Å². The Hall–Kier alpha value is -1.91. The number of esters is 1. The number of rotatable bonds is 11. The lowest BCUT2D eigenvalue weighted by molar-refractivity contribution is -0.155. The Kier molecular flexibility index (Phi) is 9.51. The van der Waals surface area contributed by atoms with E-state index >= 15 is 0 Å². The molecule has 2 amide bonds. The zero-order valence-electron chi connectivity index (χ0n) is 20.1. The van der Waals surface area contributed by atoms with Crippen LogP contribution in [0.1, 0.15) is 65.6 Å². The number of aliphatic hydroxyl groups excluding tert-OH is 1. The van der Waals surface area contributed by atoms with E-state index in [1.165, 1.54) is 6.92 Å². The molecule has 0 unspecified atom stereocenters. The molecular weight excluding hydrogens is 498 g/mol. The quantitative estimate of drug-likeness (QED) is 0.336. The lowest BCUT2D eigenvalue weighted by atomic mass is 9.88. The molecule has 9 nitrogen and oxygen atoms in total. The van der Waals surface area contributed by atoms with Gasteiger partial charge in [-0.25, -0.2) is 9.69 Å². The number of aryl methyl sites for hydroxylation is 1. The average molecular weight is 532 g/mol. The highest BCUT2D eigenvalue weighted by Crippen LogP contribution is 2.38. The molecule has 0 radical (unpaired) electrons. The Morgan fingerprint density at radius 2 is 1.94 bits per heavy atom. The monoisotopic (exact) mass is 531 g/mol. The fraction of sp³-hybridized carbons (Fsp3) is 0.696. The summed E-state index contributed by atoms with van der Waals surface area (Å²) in [6, 6.07) is 1.21. The van der Waals surface area contributed by atoms with Crippen LogP contribution in [0.4, 0.5) is 4.79 Å². The first-order valence-electron chi connectivity index (χ1n) is 11.1. The van der Waals surface area contributed by atoms with Crippen LogP contribution in [0.25, 0.3) is 0 Å². The molecule has 2 heterocycles. The van der Waals surface area contributed by atoms with Crippen molar-refractivity contribution < 1.29 is 38.1 Å². The van der Waals surface area contributed by atoms with Crippen molar-refractivity contribution in [2.24, 2.45) is 11.8 Å². The summed E-state index contributed by atoms with van der Waals surface area (Å²) >= 11 is 3.46. The Morgan fingerprint density at radius 1 is 1.27 bits per heavy atom. The number of imide groups is 1. The Labute approximate surface area is 202 Å². The summed E-state index contributed by atoms with van der Waals surface area (Å²) < 4.78 is 22.8. The smallest absolute Gasteiger partial charge is 0.417 e. The zero-order chi connectivity index (χ0) is 24.9. The zero-order valence-corrected chi connectivity index (χ0v) is 21.6. The minimum Gasteiger partial charge on any atom is -0.461 e. The first kappa shape index (κ1) is 27.3. The highest BCUT2D eigenvalue weighted by molar-refractivity contribution is 9.10. The van der Waals surface area contributed by atoms with Crippen LogP contribution >= 0.6 is 15.9 Å². The molecular formula is C23H34BrNO8. The van der Waals surface area contributed by atoms with Crippen LogP contribution in [0, 0.1) is 11.8 Å². The van der Waals surface area contributed by atoms with E-state index in [1.807, 2.05) is 13.8 Å². The summed E-state index contributed by atoms with van der Waals surface area (Å²) in [7, 11) is 0. The van der Waals surface area contributed by atoms with Crippen molar-refractivity contribution in [2.45, 2.75) is 72.1 Å². The summed E-state index contributed by atoms with van der Waals surface area (Å²) in [5, 5.41) is 8.78. The SMILES string of the molecule is CC(=O)O[C@@H](c1cc(Br)c(CCCOCCO)o1)[C@@H](C)C(=O)N1C(=O)OC(C)(C)[C@H]1C(C)C. The van der Waals surface area contributed by atoms with Gasteiger partial charge in [-0.15, -0.1) is 0 Å². The highest BCUT2D eigenvalue weighted by Gasteiger charge is 2.53. The van der Waals surface area contributed by atoms with Gasteiger partial charge in [-0.05, 0) is 55.1 Å². The van der Waals surface area contributed by atoms with Crippen LogP contribution in [0.2, 0.25) is 0 Å². The van der Waals surface area contributed by atoms with E-state index in [1.54, 1.807) is 26.8 Å².